The van der Waals surface area contributed by atoms with Crippen LogP contribution in [0.3, 0.4) is 0 Å². The zero-order valence-electron chi connectivity index (χ0n) is 9.44. The number of halogens is 2. The van der Waals surface area contributed by atoms with Crippen LogP contribution in [0.2, 0.25) is 10.3 Å². The molecular weight excluding hydrogens is 273 g/mol. The first kappa shape index (κ1) is 13.1. The molecule has 1 N–H and O–H groups in total. The normalized spacial score (nSPS) is 10.4. The topological polar surface area (TPSA) is 42.4 Å². The van der Waals surface area contributed by atoms with Crippen LogP contribution in [0.5, 0.6) is 5.75 Å². The van der Waals surface area contributed by atoms with E-state index >= 15 is 0 Å². The van der Waals surface area contributed by atoms with Gasteiger partial charge in [0.05, 0.1) is 6.61 Å². The molecule has 2 aromatic rings. The number of aliphatic hydroxyl groups is 1. The lowest BCUT2D eigenvalue weighted by Gasteiger charge is -2.10. The minimum absolute atomic E-state index is 0.0667. The van der Waals surface area contributed by atoms with Crippen LogP contribution in [0.4, 0.5) is 0 Å². The van der Waals surface area contributed by atoms with Gasteiger partial charge in [0.1, 0.15) is 22.7 Å². The Hall–Kier alpha value is -1.29. The first-order chi connectivity index (χ1) is 8.70. The van der Waals surface area contributed by atoms with Crippen LogP contribution in [0, 0.1) is 0 Å². The van der Waals surface area contributed by atoms with Crippen molar-refractivity contribution in [3.8, 4) is 5.75 Å². The van der Waals surface area contributed by atoms with E-state index in [0.29, 0.717) is 16.1 Å². The highest BCUT2D eigenvalue weighted by Gasteiger charge is 2.06. The third kappa shape index (κ3) is 3.13. The predicted molar refractivity (Wildman–Crippen MR) is 71.0 cm³/mol. The van der Waals surface area contributed by atoms with Crippen molar-refractivity contribution in [2.24, 2.45) is 0 Å². The van der Waals surface area contributed by atoms with Gasteiger partial charge in [-0.05, 0) is 18.2 Å². The van der Waals surface area contributed by atoms with Gasteiger partial charge in [-0.15, -0.1) is 0 Å². The smallest absolute Gasteiger partial charge is 0.137 e. The van der Waals surface area contributed by atoms with Gasteiger partial charge >= 0.3 is 0 Å². The lowest BCUT2D eigenvalue weighted by Crippen LogP contribution is -2.00. The molecule has 1 aromatic carbocycles. The lowest BCUT2D eigenvalue weighted by molar-refractivity contribution is 0.259. The maximum absolute atomic E-state index is 9.17. The highest BCUT2D eigenvalue weighted by atomic mass is 35.5. The largest absolute Gasteiger partial charge is 0.488 e. The van der Waals surface area contributed by atoms with Crippen molar-refractivity contribution in [2.45, 2.75) is 13.2 Å². The number of para-hydroxylation sites is 1. The SMILES string of the molecule is OCc1ccccc1OCc1ccc(Cl)nc1Cl. The predicted octanol–water partition coefficient (Wildman–Crippen LogP) is 3.46. The Bertz CT molecular complexity index is 546. The number of ether oxygens (including phenoxy) is 1. The second kappa shape index (κ2) is 6.05. The number of benzene rings is 1. The van der Waals surface area contributed by atoms with Crippen molar-refractivity contribution < 1.29 is 9.84 Å². The van der Waals surface area contributed by atoms with E-state index in [0.717, 1.165) is 11.1 Å². The highest BCUT2D eigenvalue weighted by Crippen LogP contribution is 2.22. The van der Waals surface area contributed by atoms with Gasteiger partial charge < -0.3 is 9.84 Å². The summed E-state index contributed by atoms with van der Waals surface area (Å²) in [5.74, 6) is 0.631. The molecular formula is C13H11Cl2NO2. The molecule has 0 bridgehead atoms. The average molecular weight is 284 g/mol. The summed E-state index contributed by atoms with van der Waals surface area (Å²) in [6.07, 6.45) is 0. The van der Waals surface area contributed by atoms with Crippen molar-refractivity contribution in [1.82, 2.24) is 4.98 Å². The number of aromatic nitrogens is 1. The van der Waals surface area contributed by atoms with Gasteiger partial charge in [-0.2, -0.15) is 0 Å². The Morgan fingerprint density at radius 1 is 1.06 bits per heavy atom. The van der Waals surface area contributed by atoms with Crippen molar-refractivity contribution in [1.29, 1.82) is 0 Å². The minimum Gasteiger partial charge on any atom is -0.488 e. The van der Waals surface area contributed by atoms with Gasteiger partial charge in [0.2, 0.25) is 0 Å². The summed E-state index contributed by atoms with van der Waals surface area (Å²) >= 11 is 11.7. The van der Waals surface area contributed by atoms with Gasteiger partial charge in [-0.1, -0.05) is 41.4 Å². The van der Waals surface area contributed by atoms with Gasteiger partial charge in [-0.25, -0.2) is 4.98 Å². The van der Waals surface area contributed by atoms with E-state index in [4.69, 9.17) is 27.9 Å². The maximum Gasteiger partial charge on any atom is 0.137 e. The third-order valence-corrected chi connectivity index (χ3v) is 2.96. The lowest BCUT2D eigenvalue weighted by atomic mass is 10.2. The summed E-state index contributed by atoms with van der Waals surface area (Å²) in [5, 5.41) is 9.84. The molecule has 2 rings (SSSR count). The van der Waals surface area contributed by atoms with Crippen LogP contribution < -0.4 is 4.74 Å². The molecule has 0 aliphatic carbocycles. The molecule has 0 amide bonds. The van der Waals surface area contributed by atoms with E-state index < -0.39 is 0 Å². The van der Waals surface area contributed by atoms with Gasteiger partial charge in [0, 0.05) is 11.1 Å². The number of nitrogens with zero attached hydrogens (tertiary/aromatic N) is 1. The van der Waals surface area contributed by atoms with Crippen LogP contribution in [-0.2, 0) is 13.2 Å². The standard InChI is InChI=1S/C13H11Cl2NO2/c14-12-6-5-10(13(15)16-12)8-18-11-4-2-1-3-9(11)7-17/h1-6,17H,7-8H2. The summed E-state index contributed by atoms with van der Waals surface area (Å²) in [6.45, 7) is 0.211. The average Bonchev–Trinajstić information content (AvgIpc) is 2.38. The fourth-order valence-electron chi connectivity index (χ4n) is 1.48. The van der Waals surface area contributed by atoms with E-state index in [1.807, 2.05) is 12.1 Å². The molecule has 0 saturated carbocycles. The summed E-state index contributed by atoms with van der Waals surface area (Å²) in [6, 6.07) is 10.7. The molecule has 5 heteroatoms. The molecule has 0 spiro atoms. The van der Waals surface area contributed by atoms with E-state index in [-0.39, 0.29) is 13.2 Å². The molecule has 0 saturated heterocycles. The van der Waals surface area contributed by atoms with Crippen LogP contribution in [0.25, 0.3) is 0 Å². The molecule has 0 fully saturated rings. The molecule has 0 atom stereocenters. The number of hydrogen-bond donors (Lipinski definition) is 1. The monoisotopic (exact) mass is 283 g/mol. The fourth-order valence-corrected chi connectivity index (χ4v) is 1.88. The molecule has 0 unspecified atom stereocenters. The van der Waals surface area contributed by atoms with Gasteiger partial charge in [0.15, 0.2) is 0 Å². The van der Waals surface area contributed by atoms with Crippen molar-refractivity contribution in [3.63, 3.8) is 0 Å². The van der Waals surface area contributed by atoms with E-state index in [1.54, 1.807) is 24.3 Å². The van der Waals surface area contributed by atoms with Crippen LogP contribution in [0.1, 0.15) is 11.1 Å². The number of pyridine rings is 1. The van der Waals surface area contributed by atoms with Crippen molar-refractivity contribution in [3.05, 3.63) is 57.8 Å². The Balaban J connectivity index is 2.11. The summed E-state index contributed by atoms with van der Waals surface area (Å²) in [5.41, 5.74) is 1.48. The van der Waals surface area contributed by atoms with E-state index in [2.05, 4.69) is 4.98 Å². The molecule has 94 valence electrons. The first-order valence-corrected chi connectivity index (χ1v) is 6.09. The van der Waals surface area contributed by atoms with E-state index in [1.165, 1.54) is 0 Å². The quantitative estimate of drug-likeness (QED) is 0.874. The molecule has 0 aliphatic rings. The summed E-state index contributed by atoms with van der Waals surface area (Å²) in [7, 11) is 0. The molecule has 0 radical (unpaired) electrons. The second-order valence-corrected chi connectivity index (χ2v) is 4.38. The zero-order valence-corrected chi connectivity index (χ0v) is 10.9. The van der Waals surface area contributed by atoms with Crippen molar-refractivity contribution >= 4 is 23.2 Å². The number of aliphatic hydroxyl groups excluding tert-OH is 1. The zero-order chi connectivity index (χ0) is 13.0. The summed E-state index contributed by atoms with van der Waals surface area (Å²) in [4.78, 5) is 3.93. The molecule has 3 nitrogen and oxygen atoms in total. The third-order valence-electron chi connectivity index (χ3n) is 2.42. The Kier molecular flexibility index (Phi) is 4.42. The van der Waals surface area contributed by atoms with Crippen LogP contribution in [-0.4, -0.2) is 10.1 Å². The Labute approximate surface area is 115 Å². The summed E-state index contributed by atoms with van der Waals surface area (Å²) < 4.78 is 5.61. The second-order valence-electron chi connectivity index (χ2n) is 3.64. The molecule has 0 aliphatic heterocycles. The van der Waals surface area contributed by atoms with Crippen LogP contribution >= 0.6 is 23.2 Å². The number of hydrogen-bond acceptors (Lipinski definition) is 3. The Morgan fingerprint density at radius 3 is 2.56 bits per heavy atom. The van der Waals surface area contributed by atoms with Crippen molar-refractivity contribution in [2.75, 3.05) is 0 Å². The molecule has 1 aromatic heterocycles. The first-order valence-electron chi connectivity index (χ1n) is 5.33. The maximum atomic E-state index is 9.17. The number of rotatable bonds is 4. The Morgan fingerprint density at radius 2 is 1.83 bits per heavy atom. The molecule has 18 heavy (non-hydrogen) atoms. The van der Waals surface area contributed by atoms with Gasteiger partial charge in [0.25, 0.3) is 0 Å². The molecule has 1 heterocycles. The highest BCUT2D eigenvalue weighted by molar-refractivity contribution is 6.32. The van der Waals surface area contributed by atoms with E-state index in [9.17, 15) is 5.11 Å². The minimum atomic E-state index is -0.0667. The fraction of sp³-hybridized carbons (Fsp3) is 0.154. The van der Waals surface area contributed by atoms with Crippen LogP contribution in [0.15, 0.2) is 36.4 Å². The van der Waals surface area contributed by atoms with Gasteiger partial charge in [-0.3, -0.25) is 0 Å².